The van der Waals surface area contributed by atoms with Gasteiger partial charge in [-0.25, -0.2) is 23.5 Å². The molecule has 2 fully saturated rings. The number of piperidine rings is 1. The fourth-order valence-electron chi connectivity index (χ4n) is 5.20. The number of anilines is 3. The van der Waals surface area contributed by atoms with Gasteiger partial charge in [0.05, 0.1) is 23.9 Å². The molecule has 2 saturated heterocycles. The van der Waals surface area contributed by atoms with Crippen molar-refractivity contribution in [1.82, 2.24) is 9.97 Å². The summed E-state index contributed by atoms with van der Waals surface area (Å²) in [6.07, 6.45) is 6.03. The number of fused-ring (bicyclic) bond motifs is 2. The van der Waals surface area contributed by atoms with Gasteiger partial charge in [0.2, 0.25) is 16.0 Å². The minimum Gasteiger partial charge on any atom is -0.493 e. The molecule has 3 atom stereocenters. The van der Waals surface area contributed by atoms with E-state index in [2.05, 4.69) is 45.5 Å². The number of primary sulfonamides is 1. The van der Waals surface area contributed by atoms with Gasteiger partial charge in [0, 0.05) is 29.4 Å². The second kappa shape index (κ2) is 8.64. The Kier molecular flexibility index (Phi) is 5.67. The largest absolute Gasteiger partial charge is 0.493 e. The second-order valence-corrected chi connectivity index (χ2v) is 10.2. The van der Waals surface area contributed by atoms with Crippen LogP contribution < -0.4 is 20.1 Å². The maximum atomic E-state index is 11.7. The van der Waals surface area contributed by atoms with E-state index in [0.717, 1.165) is 18.5 Å². The summed E-state index contributed by atoms with van der Waals surface area (Å²) in [7, 11) is -2.16. The molecule has 1 aromatic heterocycles. The minimum absolute atomic E-state index is 0.0334. The predicted octanol–water partition coefficient (Wildman–Crippen LogP) is 3.79. The first-order valence-electron chi connectivity index (χ1n) is 11.1. The highest BCUT2D eigenvalue weighted by Gasteiger charge is 2.42. The summed E-state index contributed by atoms with van der Waals surface area (Å²) in [5.41, 5.74) is 2.73. The number of nitrogens with zero attached hydrogens (tertiary/aromatic N) is 3. The minimum atomic E-state index is -3.79. The molecular formula is C24H27N5O3S. The molecule has 0 amide bonds. The number of nitrogens with two attached hydrogens (primary N) is 1. The van der Waals surface area contributed by atoms with Crippen molar-refractivity contribution >= 4 is 27.3 Å². The van der Waals surface area contributed by atoms with Crippen LogP contribution in [0.25, 0.3) is 0 Å². The van der Waals surface area contributed by atoms with E-state index in [-0.39, 0.29) is 10.8 Å². The van der Waals surface area contributed by atoms with Gasteiger partial charge in [-0.3, -0.25) is 0 Å². The van der Waals surface area contributed by atoms with Crippen LogP contribution in [-0.2, 0) is 10.0 Å². The zero-order valence-corrected chi connectivity index (χ0v) is 19.2. The average Bonchev–Trinajstić information content (AvgIpc) is 3.08. The molecule has 5 rings (SSSR count). The first-order valence-corrected chi connectivity index (χ1v) is 12.6. The molecular weight excluding hydrogens is 438 g/mol. The van der Waals surface area contributed by atoms with E-state index in [1.165, 1.54) is 30.7 Å². The Bertz CT molecular complexity index is 1240. The Morgan fingerprint density at radius 3 is 2.45 bits per heavy atom. The first kappa shape index (κ1) is 21.7. The fraction of sp³-hybridized carbons (Fsp3) is 0.333. The molecule has 3 heterocycles. The number of sulfonamides is 1. The Balaban J connectivity index is 1.40. The summed E-state index contributed by atoms with van der Waals surface area (Å²) >= 11 is 0. The highest BCUT2D eigenvalue weighted by Crippen LogP contribution is 2.46. The summed E-state index contributed by atoms with van der Waals surface area (Å²) in [4.78, 5) is 11.8. The van der Waals surface area contributed by atoms with Gasteiger partial charge in [-0.05, 0) is 56.0 Å². The van der Waals surface area contributed by atoms with Crippen molar-refractivity contribution < 1.29 is 13.2 Å². The molecule has 2 bridgehead atoms. The molecule has 1 unspecified atom stereocenters. The lowest BCUT2D eigenvalue weighted by atomic mass is 9.87. The van der Waals surface area contributed by atoms with Crippen LogP contribution in [-0.4, -0.2) is 37.6 Å². The first-order chi connectivity index (χ1) is 15.9. The Morgan fingerprint density at radius 2 is 1.79 bits per heavy atom. The van der Waals surface area contributed by atoms with Crippen LogP contribution in [0, 0.1) is 0 Å². The van der Waals surface area contributed by atoms with E-state index in [9.17, 15) is 8.42 Å². The third-order valence-electron chi connectivity index (χ3n) is 6.60. The van der Waals surface area contributed by atoms with E-state index in [0.29, 0.717) is 29.5 Å². The Hall–Kier alpha value is -3.17. The predicted molar refractivity (Wildman–Crippen MR) is 127 cm³/mol. The van der Waals surface area contributed by atoms with Gasteiger partial charge in [0.15, 0.2) is 5.75 Å². The van der Waals surface area contributed by atoms with Crippen molar-refractivity contribution in [3.8, 4) is 5.75 Å². The van der Waals surface area contributed by atoms with Crippen molar-refractivity contribution in [3.05, 3.63) is 66.5 Å². The van der Waals surface area contributed by atoms with Crippen LogP contribution in [0.4, 0.5) is 17.3 Å². The number of methoxy groups -OCH3 is 1. The molecule has 0 saturated carbocycles. The van der Waals surface area contributed by atoms with Crippen LogP contribution in [0.5, 0.6) is 5.75 Å². The number of aromatic nitrogens is 2. The van der Waals surface area contributed by atoms with Crippen LogP contribution in [0.2, 0.25) is 0 Å². The van der Waals surface area contributed by atoms with Gasteiger partial charge in [-0.2, -0.15) is 0 Å². The molecule has 3 N–H and O–H groups in total. The number of ether oxygens (including phenoxy) is 1. The number of hydrogen-bond acceptors (Lipinski definition) is 7. The Morgan fingerprint density at radius 1 is 1.06 bits per heavy atom. The van der Waals surface area contributed by atoms with Gasteiger partial charge in [0.25, 0.3) is 0 Å². The lowest BCUT2D eigenvalue weighted by Crippen LogP contribution is -2.42. The topological polar surface area (TPSA) is 110 Å². The van der Waals surface area contributed by atoms with Crippen molar-refractivity contribution in [2.45, 2.75) is 48.6 Å². The molecule has 3 aromatic rings. The van der Waals surface area contributed by atoms with Crippen LogP contribution in [0.15, 0.2) is 65.7 Å². The second-order valence-electron chi connectivity index (χ2n) is 8.64. The molecule has 0 aliphatic carbocycles. The van der Waals surface area contributed by atoms with Crippen LogP contribution >= 0.6 is 0 Å². The summed E-state index contributed by atoms with van der Waals surface area (Å²) < 4.78 is 29.0. The maximum absolute atomic E-state index is 11.7. The van der Waals surface area contributed by atoms with Crippen LogP contribution in [0.3, 0.4) is 0 Å². The van der Waals surface area contributed by atoms with Crippen molar-refractivity contribution in [3.63, 3.8) is 0 Å². The summed E-state index contributed by atoms with van der Waals surface area (Å²) in [5, 5.41) is 8.37. The van der Waals surface area contributed by atoms with E-state index in [1.54, 1.807) is 25.4 Å². The van der Waals surface area contributed by atoms with Crippen molar-refractivity contribution in [2.75, 3.05) is 17.3 Å². The van der Waals surface area contributed by atoms with E-state index in [1.807, 2.05) is 0 Å². The lowest BCUT2D eigenvalue weighted by Gasteiger charge is -2.40. The highest BCUT2D eigenvalue weighted by atomic mass is 32.2. The zero-order valence-electron chi connectivity index (χ0n) is 18.4. The summed E-state index contributed by atoms with van der Waals surface area (Å²) in [5.74, 6) is 1.34. The number of rotatable bonds is 6. The molecule has 33 heavy (non-hydrogen) atoms. The fourth-order valence-corrected chi connectivity index (χ4v) is 5.76. The number of hydrogen-bond donors (Lipinski definition) is 2. The third kappa shape index (κ3) is 4.38. The SMILES string of the molecule is COc1cnc(Nc2cccc(S(N)(=O)=O)c2)nc1C1C[C@H]2CC[C@@H](C1)N2c1ccccc1. The molecule has 172 valence electrons. The molecule has 0 spiro atoms. The van der Waals surface area contributed by atoms with Crippen LogP contribution in [0.1, 0.15) is 37.3 Å². The molecule has 2 aliphatic rings. The summed E-state index contributed by atoms with van der Waals surface area (Å²) in [6.45, 7) is 0. The van der Waals surface area contributed by atoms with Crippen molar-refractivity contribution in [1.29, 1.82) is 0 Å². The van der Waals surface area contributed by atoms with E-state index >= 15 is 0 Å². The number of para-hydroxylation sites is 1. The average molecular weight is 466 g/mol. The lowest BCUT2D eigenvalue weighted by molar-refractivity contribution is 0.370. The van der Waals surface area contributed by atoms with Crippen molar-refractivity contribution in [2.24, 2.45) is 5.14 Å². The number of benzene rings is 2. The smallest absolute Gasteiger partial charge is 0.238 e. The van der Waals surface area contributed by atoms with Gasteiger partial charge >= 0.3 is 0 Å². The Labute approximate surface area is 193 Å². The zero-order chi connectivity index (χ0) is 23.0. The van der Waals surface area contributed by atoms with E-state index in [4.69, 9.17) is 14.9 Å². The maximum Gasteiger partial charge on any atom is 0.238 e. The number of nitrogens with one attached hydrogen (secondary N) is 1. The van der Waals surface area contributed by atoms with E-state index < -0.39 is 10.0 Å². The standard InChI is InChI=1S/C24H27N5O3S/c1-32-22-15-26-24(27-17-6-5-9-21(14-17)33(25,30)31)28-23(22)16-12-19-10-11-20(13-16)29(19)18-7-3-2-4-8-18/h2-9,14-16,19-20H,10-13H2,1H3,(H2,25,30,31)(H,26,27,28)/t16?,19-,20+. The van der Waals surface area contributed by atoms with Gasteiger partial charge in [-0.1, -0.05) is 24.3 Å². The summed E-state index contributed by atoms with van der Waals surface area (Å²) in [6, 6.07) is 17.9. The quantitative estimate of drug-likeness (QED) is 0.570. The molecule has 9 heteroatoms. The molecule has 0 radical (unpaired) electrons. The van der Waals surface area contributed by atoms with Gasteiger partial charge in [0.1, 0.15) is 0 Å². The highest BCUT2D eigenvalue weighted by molar-refractivity contribution is 7.89. The molecule has 8 nitrogen and oxygen atoms in total. The monoisotopic (exact) mass is 465 g/mol. The third-order valence-corrected chi connectivity index (χ3v) is 7.51. The van der Waals surface area contributed by atoms with Gasteiger partial charge < -0.3 is 15.0 Å². The molecule has 2 aliphatic heterocycles. The normalized spacial score (nSPS) is 22.2. The molecule has 2 aromatic carbocycles. The van der Waals surface area contributed by atoms with Gasteiger partial charge in [-0.15, -0.1) is 0 Å².